The predicted octanol–water partition coefficient (Wildman–Crippen LogP) is -1.08. The zero-order valence-corrected chi connectivity index (χ0v) is 10.0. The summed E-state index contributed by atoms with van der Waals surface area (Å²) >= 11 is 0. The third kappa shape index (κ3) is 2.72. The molecular weight excluding hydrogens is 235 g/mol. The standard InChI is InChI=1S/C12H15BO5/c13-11-10(15)9(14)8(18-11)6-17-12(16)7-4-2-1-3-5-7/h1-5,8-11,14-15H,6,13H2/t8-,9+,10?,11-/m1/s1. The number of rotatable bonds is 3. The van der Waals surface area contributed by atoms with Crippen LogP contribution in [-0.4, -0.2) is 55.0 Å². The van der Waals surface area contributed by atoms with Crippen LogP contribution in [0.25, 0.3) is 0 Å². The molecule has 1 aliphatic rings. The highest BCUT2D eigenvalue weighted by molar-refractivity contribution is 6.11. The van der Waals surface area contributed by atoms with Crippen LogP contribution in [-0.2, 0) is 9.47 Å². The Morgan fingerprint density at radius 3 is 2.50 bits per heavy atom. The molecule has 0 spiro atoms. The van der Waals surface area contributed by atoms with Crippen molar-refractivity contribution in [2.45, 2.75) is 24.3 Å². The molecule has 18 heavy (non-hydrogen) atoms. The average Bonchev–Trinajstić information content (AvgIpc) is 2.64. The van der Waals surface area contributed by atoms with E-state index in [1.807, 2.05) is 0 Å². The van der Waals surface area contributed by atoms with Gasteiger partial charge in [0.15, 0.2) is 0 Å². The van der Waals surface area contributed by atoms with Crippen LogP contribution in [0.15, 0.2) is 30.3 Å². The molecule has 1 aromatic carbocycles. The van der Waals surface area contributed by atoms with E-state index in [-0.39, 0.29) is 6.61 Å². The second-order valence-corrected chi connectivity index (χ2v) is 4.33. The van der Waals surface area contributed by atoms with Gasteiger partial charge in [0.2, 0.25) is 0 Å². The van der Waals surface area contributed by atoms with Gasteiger partial charge in [0.25, 0.3) is 0 Å². The van der Waals surface area contributed by atoms with Gasteiger partial charge >= 0.3 is 5.97 Å². The first-order valence-electron chi connectivity index (χ1n) is 5.83. The Morgan fingerprint density at radius 2 is 1.94 bits per heavy atom. The van der Waals surface area contributed by atoms with Crippen LogP contribution in [0.1, 0.15) is 10.4 Å². The number of esters is 1. The number of hydrogen-bond acceptors (Lipinski definition) is 5. The molecule has 4 atom stereocenters. The summed E-state index contributed by atoms with van der Waals surface area (Å²) in [6.07, 6.45) is -2.64. The van der Waals surface area contributed by atoms with Crippen LogP contribution in [0.2, 0.25) is 0 Å². The summed E-state index contributed by atoms with van der Waals surface area (Å²) < 4.78 is 10.3. The van der Waals surface area contributed by atoms with E-state index in [1.54, 1.807) is 38.2 Å². The minimum absolute atomic E-state index is 0.0731. The van der Waals surface area contributed by atoms with Crippen molar-refractivity contribution in [1.82, 2.24) is 0 Å². The smallest absolute Gasteiger partial charge is 0.338 e. The maximum atomic E-state index is 11.6. The normalized spacial score (nSPS) is 31.2. The minimum atomic E-state index is -1.02. The summed E-state index contributed by atoms with van der Waals surface area (Å²) in [5.41, 5.74) is 0.443. The van der Waals surface area contributed by atoms with Crippen LogP contribution in [0, 0.1) is 0 Å². The molecule has 1 unspecified atom stereocenters. The summed E-state index contributed by atoms with van der Waals surface area (Å²) in [6.45, 7) is -0.0731. The van der Waals surface area contributed by atoms with E-state index in [0.29, 0.717) is 5.56 Å². The topological polar surface area (TPSA) is 76.0 Å². The highest BCUT2D eigenvalue weighted by Gasteiger charge is 2.40. The number of benzene rings is 1. The maximum absolute atomic E-state index is 11.6. The molecule has 96 valence electrons. The summed E-state index contributed by atoms with van der Waals surface area (Å²) in [7, 11) is 1.66. The molecule has 0 radical (unpaired) electrons. The van der Waals surface area contributed by atoms with Gasteiger partial charge in [-0.05, 0) is 12.1 Å². The van der Waals surface area contributed by atoms with Crippen molar-refractivity contribution in [2.75, 3.05) is 6.61 Å². The summed E-state index contributed by atoms with van der Waals surface area (Å²) in [5.74, 6) is -0.472. The highest BCUT2D eigenvalue weighted by atomic mass is 16.6. The SMILES string of the molecule is B[C@@H]1O[C@H](COC(=O)c2ccccc2)[C@H](O)C1O. The third-order valence-electron chi connectivity index (χ3n) is 2.99. The van der Waals surface area contributed by atoms with Crippen LogP contribution < -0.4 is 0 Å². The summed E-state index contributed by atoms with van der Waals surface area (Å²) in [4.78, 5) is 11.6. The number of carbonyl (C=O) groups excluding carboxylic acids is 1. The monoisotopic (exact) mass is 250 g/mol. The minimum Gasteiger partial charge on any atom is -0.459 e. The molecule has 2 N–H and O–H groups in total. The lowest BCUT2D eigenvalue weighted by Gasteiger charge is -2.14. The molecule has 1 heterocycles. The van der Waals surface area contributed by atoms with Crippen molar-refractivity contribution in [1.29, 1.82) is 0 Å². The zero-order valence-electron chi connectivity index (χ0n) is 10.0. The molecule has 1 aromatic rings. The lowest BCUT2D eigenvalue weighted by atomic mass is 9.93. The van der Waals surface area contributed by atoms with Gasteiger partial charge in [0.1, 0.15) is 32.8 Å². The summed E-state index contributed by atoms with van der Waals surface area (Å²) in [6, 6.07) is 8.11. The third-order valence-corrected chi connectivity index (χ3v) is 2.99. The molecule has 5 nitrogen and oxygen atoms in total. The van der Waals surface area contributed by atoms with Crippen LogP contribution in [0.4, 0.5) is 0 Å². The van der Waals surface area contributed by atoms with Gasteiger partial charge in [-0.2, -0.15) is 0 Å². The fourth-order valence-electron chi connectivity index (χ4n) is 1.89. The van der Waals surface area contributed by atoms with Crippen LogP contribution in [0.5, 0.6) is 0 Å². The van der Waals surface area contributed by atoms with E-state index in [9.17, 15) is 15.0 Å². The molecule has 6 heteroatoms. The molecule has 0 saturated carbocycles. The Bertz CT molecular complexity index is 410. The van der Waals surface area contributed by atoms with Gasteiger partial charge in [-0.25, -0.2) is 4.79 Å². The summed E-state index contributed by atoms with van der Waals surface area (Å²) in [5, 5.41) is 19.1. The Kier molecular flexibility index (Phi) is 4.01. The van der Waals surface area contributed by atoms with Gasteiger partial charge in [0, 0.05) is 0 Å². The number of carbonyl (C=O) groups is 1. The van der Waals surface area contributed by atoms with Crippen molar-refractivity contribution in [3.8, 4) is 0 Å². The Balaban J connectivity index is 1.88. The number of aliphatic hydroxyl groups excluding tert-OH is 2. The van der Waals surface area contributed by atoms with Gasteiger partial charge in [-0.15, -0.1) is 0 Å². The maximum Gasteiger partial charge on any atom is 0.338 e. The fourth-order valence-corrected chi connectivity index (χ4v) is 1.89. The molecule has 0 bridgehead atoms. The second-order valence-electron chi connectivity index (χ2n) is 4.33. The Labute approximate surface area is 106 Å². The predicted molar refractivity (Wildman–Crippen MR) is 65.9 cm³/mol. The van der Waals surface area contributed by atoms with Gasteiger partial charge in [0.05, 0.1) is 11.6 Å². The van der Waals surface area contributed by atoms with Crippen LogP contribution in [0.3, 0.4) is 0 Å². The van der Waals surface area contributed by atoms with Crippen molar-refractivity contribution < 1.29 is 24.5 Å². The van der Waals surface area contributed by atoms with Crippen LogP contribution >= 0.6 is 0 Å². The van der Waals surface area contributed by atoms with E-state index in [4.69, 9.17) is 9.47 Å². The highest BCUT2D eigenvalue weighted by Crippen LogP contribution is 2.19. The molecule has 1 aliphatic heterocycles. The quantitative estimate of drug-likeness (QED) is 0.527. The van der Waals surface area contributed by atoms with Gasteiger partial charge < -0.3 is 19.7 Å². The van der Waals surface area contributed by atoms with Crippen molar-refractivity contribution >= 4 is 13.8 Å². The van der Waals surface area contributed by atoms with E-state index < -0.39 is 30.3 Å². The molecule has 2 rings (SSSR count). The van der Waals surface area contributed by atoms with E-state index in [0.717, 1.165) is 0 Å². The first kappa shape index (κ1) is 13.1. The average molecular weight is 250 g/mol. The lowest BCUT2D eigenvalue weighted by molar-refractivity contribution is -0.0231. The van der Waals surface area contributed by atoms with E-state index in [2.05, 4.69) is 0 Å². The molecule has 1 fully saturated rings. The first-order chi connectivity index (χ1) is 8.59. The molecular formula is C12H15BO5. The van der Waals surface area contributed by atoms with E-state index in [1.165, 1.54) is 0 Å². The lowest BCUT2D eigenvalue weighted by Crippen LogP contribution is -2.34. The Hall–Kier alpha value is -1.37. The zero-order chi connectivity index (χ0) is 13.1. The number of ether oxygens (including phenoxy) is 2. The Morgan fingerprint density at radius 1 is 1.28 bits per heavy atom. The van der Waals surface area contributed by atoms with Gasteiger partial charge in [-0.1, -0.05) is 18.2 Å². The number of hydrogen-bond donors (Lipinski definition) is 2. The van der Waals surface area contributed by atoms with Crippen molar-refractivity contribution in [2.24, 2.45) is 0 Å². The second kappa shape index (κ2) is 5.52. The van der Waals surface area contributed by atoms with E-state index >= 15 is 0 Å². The molecule has 0 aliphatic carbocycles. The molecule has 0 amide bonds. The molecule has 1 saturated heterocycles. The van der Waals surface area contributed by atoms with Crippen molar-refractivity contribution in [3.05, 3.63) is 35.9 Å². The molecule has 0 aromatic heterocycles. The number of aliphatic hydroxyl groups is 2. The van der Waals surface area contributed by atoms with Crippen molar-refractivity contribution in [3.63, 3.8) is 0 Å². The first-order valence-corrected chi connectivity index (χ1v) is 5.83. The fraction of sp³-hybridized carbons (Fsp3) is 0.417. The largest absolute Gasteiger partial charge is 0.459 e. The van der Waals surface area contributed by atoms with Gasteiger partial charge in [-0.3, -0.25) is 0 Å².